The summed E-state index contributed by atoms with van der Waals surface area (Å²) in [5.41, 5.74) is 25.7. The van der Waals surface area contributed by atoms with E-state index in [0.717, 1.165) is 0 Å². The van der Waals surface area contributed by atoms with Crippen molar-refractivity contribution in [2.75, 3.05) is 9.80 Å². The van der Waals surface area contributed by atoms with Crippen LogP contribution in [-0.2, 0) is 48.7 Å². The number of aryl methyl sites for hydroxylation is 1. The third-order valence-corrected chi connectivity index (χ3v) is 21.5. The van der Waals surface area contributed by atoms with Gasteiger partial charge in [-0.1, -0.05) is 150 Å². The van der Waals surface area contributed by atoms with Crippen LogP contribution in [0.3, 0.4) is 0 Å². The summed E-state index contributed by atoms with van der Waals surface area (Å²) in [4.78, 5) is 7.24. The molecule has 11 rings (SSSR count). The highest BCUT2D eigenvalue weighted by Gasteiger charge is 2.53. The number of anilines is 6. The average molecular weight is 937 g/mol. The first kappa shape index (κ1) is 47.6. The predicted octanol–water partition coefficient (Wildman–Crippen LogP) is 16.8. The van der Waals surface area contributed by atoms with E-state index in [-0.39, 0.29) is 55.4 Å². The SMILES string of the molecule is Cc1cc2c(cc1N1c3cc(C(C)(C)C)cc4c3B(c3cc5c(cc3N4c3ccc4c(c3)C(C)(C)CCC4(C)C)C(C)(C)CCC5(C)C)c3c1sc1c3C(C)(C)CCC1(C)C)C(C)(C)CCC2(C)C. The summed E-state index contributed by atoms with van der Waals surface area (Å²) >= 11 is 2.15. The van der Waals surface area contributed by atoms with Crippen molar-refractivity contribution in [3.05, 3.63) is 110 Å². The fraction of sp³-hybridized carbons (Fsp3) is 0.569. The first-order valence-corrected chi connectivity index (χ1v) is 28.0. The van der Waals surface area contributed by atoms with Crippen molar-refractivity contribution in [1.29, 1.82) is 0 Å². The molecule has 0 unspecified atom stereocenters. The Morgan fingerprint density at radius 3 is 1.41 bits per heavy atom. The lowest BCUT2D eigenvalue weighted by Gasteiger charge is -2.49. The van der Waals surface area contributed by atoms with Gasteiger partial charge in [-0.15, -0.1) is 11.3 Å². The van der Waals surface area contributed by atoms with Gasteiger partial charge < -0.3 is 9.80 Å². The van der Waals surface area contributed by atoms with Crippen molar-refractivity contribution in [2.45, 2.75) is 239 Å². The van der Waals surface area contributed by atoms with Gasteiger partial charge in [-0.25, -0.2) is 0 Å². The Balaban J connectivity index is 1.32. The molecule has 4 aliphatic carbocycles. The van der Waals surface area contributed by atoms with Gasteiger partial charge in [0.15, 0.2) is 0 Å². The molecule has 4 aromatic carbocycles. The summed E-state index contributed by atoms with van der Waals surface area (Å²) < 4.78 is 0. The van der Waals surface area contributed by atoms with Crippen LogP contribution in [0.25, 0.3) is 0 Å². The molecule has 0 atom stereocenters. The highest BCUT2D eigenvalue weighted by atomic mass is 32.1. The predicted molar refractivity (Wildman–Crippen MR) is 303 cm³/mol. The van der Waals surface area contributed by atoms with E-state index in [9.17, 15) is 0 Å². The zero-order chi connectivity index (χ0) is 49.9. The molecule has 4 heteroatoms. The third-order valence-electron chi connectivity index (χ3n) is 19.9. The Kier molecular flexibility index (Phi) is 9.83. The molecule has 364 valence electrons. The van der Waals surface area contributed by atoms with Gasteiger partial charge in [-0.3, -0.25) is 0 Å². The molecule has 1 aromatic heterocycles. The number of benzene rings is 4. The van der Waals surface area contributed by atoms with Gasteiger partial charge in [0, 0.05) is 27.6 Å². The smallest absolute Gasteiger partial charge is 0.253 e. The van der Waals surface area contributed by atoms with E-state index >= 15 is 0 Å². The Bertz CT molecular complexity index is 3020. The van der Waals surface area contributed by atoms with Gasteiger partial charge in [-0.05, 0) is 210 Å². The van der Waals surface area contributed by atoms with Gasteiger partial charge >= 0.3 is 0 Å². The number of nitrogens with zero attached hydrogens (tertiary/aromatic N) is 2. The molecule has 0 radical (unpaired) electrons. The van der Waals surface area contributed by atoms with E-state index in [1.54, 1.807) is 32.6 Å². The number of hydrogen-bond donors (Lipinski definition) is 0. The topological polar surface area (TPSA) is 6.48 Å². The number of rotatable bonds is 2. The molecular weight excluding hydrogens is 852 g/mol. The molecule has 2 nitrogen and oxygen atoms in total. The summed E-state index contributed by atoms with van der Waals surface area (Å²) in [5, 5.41) is 1.46. The normalized spacial score (nSPS) is 23.2. The van der Waals surface area contributed by atoms with E-state index in [1.165, 1.54) is 124 Å². The van der Waals surface area contributed by atoms with Crippen LogP contribution in [0.5, 0.6) is 0 Å². The van der Waals surface area contributed by atoms with Gasteiger partial charge in [0.05, 0.1) is 10.7 Å². The fourth-order valence-corrected chi connectivity index (χ4v) is 16.2. The van der Waals surface area contributed by atoms with E-state index in [2.05, 4.69) is 214 Å². The maximum Gasteiger partial charge on any atom is 0.253 e. The third kappa shape index (κ3) is 6.81. The lowest BCUT2D eigenvalue weighted by molar-refractivity contribution is 0.332. The molecule has 0 saturated heterocycles. The standard InChI is InChI=1S/C65H85BN2S/c1-38-31-42-45(62(13,14)27-25-59(42,7)8)36-48(38)68-51-33-39(57(2,3)4)32-50-53(51)66(54-52-55(69-56(54)68)65(19,20)30-29-64(52,17)18)47-35-44-46(63(15,16)28-26-61(44,11)12)37-49(47)67(50)40-21-22-41-43(34-40)60(9,10)24-23-58(41,5)6/h21-22,31-37H,23-30H2,1-20H3. The molecule has 0 saturated carbocycles. The van der Waals surface area contributed by atoms with E-state index in [1.807, 2.05) is 0 Å². The Morgan fingerprint density at radius 1 is 0.435 bits per heavy atom. The molecule has 5 aromatic rings. The van der Waals surface area contributed by atoms with Crippen molar-refractivity contribution in [3.63, 3.8) is 0 Å². The maximum absolute atomic E-state index is 2.84. The van der Waals surface area contributed by atoms with Crippen molar-refractivity contribution in [2.24, 2.45) is 0 Å². The fourth-order valence-electron chi connectivity index (χ4n) is 14.5. The number of thiophene rings is 1. The molecule has 0 fully saturated rings. The Morgan fingerprint density at radius 2 is 0.870 bits per heavy atom. The Hall–Kier alpha value is -3.76. The summed E-state index contributed by atoms with van der Waals surface area (Å²) in [6, 6.07) is 23.8. The van der Waals surface area contributed by atoms with E-state index in [4.69, 9.17) is 0 Å². The van der Waals surface area contributed by atoms with Crippen LogP contribution in [0.2, 0.25) is 0 Å². The molecule has 6 aliphatic rings. The molecule has 2 aliphatic heterocycles. The number of hydrogen-bond acceptors (Lipinski definition) is 3. The minimum atomic E-state index is -0.0851. The first-order chi connectivity index (χ1) is 31.7. The zero-order valence-electron chi connectivity index (χ0n) is 46.7. The van der Waals surface area contributed by atoms with Crippen LogP contribution in [0.1, 0.15) is 238 Å². The molecule has 3 heterocycles. The van der Waals surface area contributed by atoms with Crippen LogP contribution < -0.4 is 26.2 Å². The largest absolute Gasteiger partial charge is 0.311 e. The second kappa shape index (κ2) is 14.3. The molecule has 0 bridgehead atoms. The lowest BCUT2D eigenvalue weighted by atomic mass is 9.32. The van der Waals surface area contributed by atoms with Gasteiger partial charge in [0.25, 0.3) is 6.71 Å². The highest BCUT2D eigenvalue weighted by Crippen LogP contribution is 2.58. The summed E-state index contributed by atoms with van der Waals surface area (Å²) in [5.74, 6) is 0. The Labute approximate surface area is 423 Å². The van der Waals surface area contributed by atoms with Crippen molar-refractivity contribution in [3.8, 4) is 0 Å². The summed E-state index contributed by atoms with van der Waals surface area (Å²) in [6.07, 6.45) is 9.62. The van der Waals surface area contributed by atoms with Gasteiger partial charge in [0.1, 0.15) is 0 Å². The minimum absolute atomic E-state index is 0.0319. The van der Waals surface area contributed by atoms with Gasteiger partial charge in [0.2, 0.25) is 0 Å². The van der Waals surface area contributed by atoms with E-state index in [0.29, 0.717) is 0 Å². The van der Waals surface area contributed by atoms with Crippen molar-refractivity contribution in [1.82, 2.24) is 0 Å². The van der Waals surface area contributed by atoms with Gasteiger partial charge in [-0.2, -0.15) is 0 Å². The molecule has 0 spiro atoms. The second-order valence-corrected chi connectivity index (χ2v) is 30.7. The molecular formula is C65H85BN2S. The van der Waals surface area contributed by atoms with E-state index < -0.39 is 0 Å². The first-order valence-electron chi connectivity index (χ1n) is 27.1. The monoisotopic (exact) mass is 937 g/mol. The van der Waals surface area contributed by atoms with Crippen LogP contribution in [-0.4, -0.2) is 6.71 Å². The highest BCUT2D eigenvalue weighted by molar-refractivity contribution is 7.20. The van der Waals surface area contributed by atoms with Crippen LogP contribution in [0.4, 0.5) is 33.4 Å². The molecule has 0 amide bonds. The lowest BCUT2D eigenvalue weighted by Crippen LogP contribution is -2.63. The second-order valence-electron chi connectivity index (χ2n) is 29.7. The molecule has 69 heavy (non-hydrogen) atoms. The van der Waals surface area contributed by atoms with Crippen molar-refractivity contribution >= 4 is 67.9 Å². The summed E-state index contributed by atoms with van der Waals surface area (Å²) in [6.45, 7) is 50.1. The molecule has 0 N–H and O–H groups in total. The zero-order valence-corrected chi connectivity index (χ0v) is 47.5. The van der Waals surface area contributed by atoms with Crippen LogP contribution in [0.15, 0.2) is 54.6 Å². The van der Waals surface area contributed by atoms with Crippen molar-refractivity contribution < 1.29 is 0 Å². The minimum Gasteiger partial charge on any atom is -0.311 e. The van der Waals surface area contributed by atoms with Crippen LogP contribution >= 0.6 is 11.3 Å². The maximum atomic E-state index is 2.84. The average Bonchev–Trinajstić information content (AvgIpc) is 3.67. The summed E-state index contributed by atoms with van der Waals surface area (Å²) in [7, 11) is 0. The number of fused-ring (bicyclic) bond motifs is 9. The quantitative estimate of drug-likeness (QED) is 0.159. The van der Waals surface area contributed by atoms with Crippen LogP contribution in [0, 0.1) is 6.92 Å².